The summed E-state index contributed by atoms with van der Waals surface area (Å²) in [6.07, 6.45) is 0.936. The van der Waals surface area contributed by atoms with E-state index in [0.717, 1.165) is 5.33 Å². The molecule has 1 unspecified atom stereocenters. The smallest absolute Gasteiger partial charge is 0.326 e. The summed E-state index contributed by atoms with van der Waals surface area (Å²) in [5.41, 5.74) is 0. The van der Waals surface area contributed by atoms with E-state index in [1.807, 2.05) is 0 Å². The number of alkyl halides is 1. The molecule has 0 aromatic carbocycles. The second-order valence-electron chi connectivity index (χ2n) is 3.53. The molecule has 1 amide bonds. The summed E-state index contributed by atoms with van der Waals surface area (Å²) in [6, 6.07) is -0.647. The lowest BCUT2D eigenvalue weighted by Gasteiger charge is -2.23. The summed E-state index contributed by atoms with van der Waals surface area (Å²) in [5.74, 6) is -0.685. The van der Waals surface area contributed by atoms with Crippen LogP contribution >= 0.6 is 15.9 Å². The highest BCUT2D eigenvalue weighted by atomic mass is 79.9. The van der Waals surface area contributed by atoms with E-state index >= 15 is 0 Å². The lowest BCUT2D eigenvalue weighted by atomic mass is 10.1. The van der Waals surface area contributed by atoms with Gasteiger partial charge in [0, 0.05) is 18.3 Å². The zero-order valence-electron chi connectivity index (χ0n) is 8.07. The normalized spacial score (nSPS) is 24.0. The van der Waals surface area contributed by atoms with E-state index in [1.54, 1.807) is 6.92 Å². The van der Waals surface area contributed by atoms with Crippen LogP contribution in [-0.2, 0) is 9.59 Å². The van der Waals surface area contributed by atoms with E-state index in [-0.39, 0.29) is 11.8 Å². The highest BCUT2D eigenvalue weighted by molar-refractivity contribution is 9.09. The fraction of sp³-hybridized carbons (Fsp3) is 0.778. The van der Waals surface area contributed by atoms with Crippen molar-refractivity contribution in [3.8, 4) is 0 Å². The van der Waals surface area contributed by atoms with Gasteiger partial charge in [-0.1, -0.05) is 22.9 Å². The van der Waals surface area contributed by atoms with Gasteiger partial charge in [-0.05, 0) is 12.3 Å². The molecule has 1 rings (SSSR count). The molecule has 0 aliphatic carbocycles. The minimum absolute atomic E-state index is 0.0382. The maximum Gasteiger partial charge on any atom is 0.326 e. The van der Waals surface area contributed by atoms with E-state index in [1.165, 1.54) is 4.90 Å². The first-order valence-electron chi connectivity index (χ1n) is 4.68. The van der Waals surface area contributed by atoms with E-state index in [9.17, 15) is 9.59 Å². The van der Waals surface area contributed by atoms with Gasteiger partial charge < -0.3 is 10.0 Å². The first-order valence-corrected chi connectivity index (χ1v) is 5.80. The SMILES string of the molecule is CC[C@@H](C(=O)O)N1CC(CBr)CC1=O. The number of amides is 1. The van der Waals surface area contributed by atoms with Crippen LogP contribution in [0.1, 0.15) is 19.8 Å². The van der Waals surface area contributed by atoms with E-state index < -0.39 is 12.0 Å². The number of aliphatic carboxylic acids is 1. The van der Waals surface area contributed by atoms with Gasteiger partial charge in [-0.15, -0.1) is 0 Å². The minimum atomic E-state index is -0.906. The van der Waals surface area contributed by atoms with Crippen LogP contribution in [0.15, 0.2) is 0 Å². The first kappa shape index (κ1) is 11.5. The Hall–Kier alpha value is -0.580. The molecule has 1 aliphatic rings. The molecule has 1 saturated heterocycles. The maximum absolute atomic E-state index is 11.5. The Morgan fingerprint density at radius 2 is 2.43 bits per heavy atom. The Balaban J connectivity index is 2.68. The molecule has 4 nitrogen and oxygen atoms in total. The number of carboxylic acid groups (broad SMARTS) is 1. The summed E-state index contributed by atoms with van der Waals surface area (Å²) in [4.78, 5) is 23.8. The monoisotopic (exact) mass is 263 g/mol. The predicted molar refractivity (Wildman–Crippen MR) is 55.3 cm³/mol. The van der Waals surface area contributed by atoms with Crippen molar-refractivity contribution < 1.29 is 14.7 Å². The van der Waals surface area contributed by atoms with Gasteiger partial charge in [-0.2, -0.15) is 0 Å². The van der Waals surface area contributed by atoms with Crippen molar-refractivity contribution in [1.29, 1.82) is 0 Å². The molecule has 2 atom stereocenters. The highest BCUT2D eigenvalue weighted by Gasteiger charge is 2.35. The fourth-order valence-corrected chi connectivity index (χ4v) is 2.18. The molecule has 0 aromatic heterocycles. The molecule has 1 fully saturated rings. The zero-order chi connectivity index (χ0) is 10.7. The van der Waals surface area contributed by atoms with E-state index in [0.29, 0.717) is 19.4 Å². The molecular formula is C9H14BrNO3. The predicted octanol–water partition coefficient (Wildman–Crippen LogP) is 1.09. The van der Waals surface area contributed by atoms with Crippen molar-refractivity contribution in [1.82, 2.24) is 4.90 Å². The Labute approximate surface area is 91.4 Å². The van der Waals surface area contributed by atoms with Crippen molar-refractivity contribution in [3.05, 3.63) is 0 Å². The number of halogens is 1. The molecule has 1 heterocycles. The standard InChI is InChI=1S/C9H14BrNO3/c1-2-7(9(13)14)11-5-6(4-10)3-8(11)12/h6-7H,2-5H2,1H3,(H,13,14)/t6?,7-/m0/s1. The second kappa shape index (κ2) is 4.77. The van der Waals surface area contributed by atoms with E-state index in [4.69, 9.17) is 5.11 Å². The number of hydrogen-bond acceptors (Lipinski definition) is 2. The summed E-state index contributed by atoms with van der Waals surface area (Å²) >= 11 is 3.31. The molecule has 0 bridgehead atoms. The number of hydrogen-bond donors (Lipinski definition) is 1. The number of nitrogens with zero attached hydrogens (tertiary/aromatic N) is 1. The Morgan fingerprint density at radius 3 is 2.79 bits per heavy atom. The van der Waals surface area contributed by atoms with E-state index in [2.05, 4.69) is 15.9 Å². The summed E-state index contributed by atoms with van der Waals surface area (Å²) in [6.45, 7) is 2.35. The average Bonchev–Trinajstić information content (AvgIpc) is 2.48. The van der Waals surface area contributed by atoms with Crippen LogP contribution in [0.3, 0.4) is 0 Å². The van der Waals surface area contributed by atoms with Crippen LogP contribution in [0, 0.1) is 5.92 Å². The van der Waals surface area contributed by atoms with Crippen LogP contribution in [0.4, 0.5) is 0 Å². The third kappa shape index (κ3) is 2.26. The van der Waals surface area contributed by atoms with Gasteiger partial charge in [0.15, 0.2) is 0 Å². The molecule has 1 N–H and O–H groups in total. The number of rotatable bonds is 4. The third-order valence-corrected chi connectivity index (χ3v) is 3.42. The molecule has 14 heavy (non-hydrogen) atoms. The van der Waals surface area contributed by atoms with Crippen molar-refractivity contribution in [2.45, 2.75) is 25.8 Å². The maximum atomic E-state index is 11.5. The Kier molecular flexibility index (Phi) is 3.92. The van der Waals surface area contributed by atoms with Crippen molar-refractivity contribution in [2.24, 2.45) is 5.92 Å². The third-order valence-electron chi connectivity index (χ3n) is 2.50. The van der Waals surface area contributed by atoms with Crippen molar-refractivity contribution in [3.63, 3.8) is 0 Å². The van der Waals surface area contributed by atoms with Crippen LogP contribution in [0.5, 0.6) is 0 Å². The van der Waals surface area contributed by atoms with Gasteiger partial charge in [0.05, 0.1) is 0 Å². The highest BCUT2D eigenvalue weighted by Crippen LogP contribution is 2.22. The number of likely N-dealkylation sites (tertiary alicyclic amines) is 1. The van der Waals surface area contributed by atoms with Gasteiger partial charge in [-0.3, -0.25) is 4.79 Å². The van der Waals surface area contributed by atoms with Crippen LogP contribution in [0.25, 0.3) is 0 Å². The van der Waals surface area contributed by atoms with Crippen molar-refractivity contribution in [2.75, 3.05) is 11.9 Å². The lowest BCUT2D eigenvalue weighted by molar-refractivity contribution is -0.148. The minimum Gasteiger partial charge on any atom is -0.480 e. The number of carboxylic acids is 1. The van der Waals surface area contributed by atoms with Crippen LogP contribution in [0.2, 0.25) is 0 Å². The van der Waals surface area contributed by atoms with Crippen LogP contribution < -0.4 is 0 Å². The average molecular weight is 264 g/mol. The molecule has 0 radical (unpaired) electrons. The molecule has 80 valence electrons. The molecule has 1 aliphatic heterocycles. The van der Waals surface area contributed by atoms with Crippen LogP contribution in [-0.4, -0.2) is 39.8 Å². The van der Waals surface area contributed by atoms with Gasteiger partial charge in [0.2, 0.25) is 5.91 Å². The lowest BCUT2D eigenvalue weighted by Crippen LogP contribution is -2.41. The Morgan fingerprint density at radius 1 is 1.79 bits per heavy atom. The fourth-order valence-electron chi connectivity index (χ4n) is 1.74. The summed E-state index contributed by atoms with van der Waals surface area (Å²) < 4.78 is 0. The van der Waals surface area contributed by atoms with Crippen molar-refractivity contribution >= 4 is 27.8 Å². The van der Waals surface area contributed by atoms with Gasteiger partial charge in [0.25, 0.3) is 0 Å². The molecule has 5 heteroatoms. The number of carbonyl (C=O) groups is 2. The molecule has 0 aromatic rings. The quantitative estimate of drug-likeness (QED) is 0.773. The largest absolute Gasteiger partial charge is 0.480 e. The molecule has 0 spiro atoms. The topological polar surface area (TPSA) is 57.6 Å². The summed E-state index contributed by atoms with van der Waals surface area (Å²) in [5, 5.41) is 9.66. The molecular weight excluding hydrogens is 250 g/mol. The van der Waals surface area contributed by atoms with Gasteiger partial charge >= 0.3 is 5.97 Å². The zero-order valence-corrected chi connectivity index (χ0v) is 9.66. The second-order valence-corrected chi connectivity index (χ2v) is 4.18. The molecule has 0 saturated carbocycles. The summed E-state index contributed by atoms with van der Waals surface area (Å²) in [7, 11) is 0. The van der Waals surface area contributed by atoms with Gasteiger partial charge in [-0.25, -0.2) is 4.79 Å². The number of carbonyl (C=O) groups excluding carboxylic acids is 1. The Bertz CT molecular complexity index is 244. The van der Waals surface area contributed by atoms with Gasteiger partial charge in [0.1, 0.15) is 6.04 Å². The first-order chi connectivity index (χ1) is 6.60.